The number of anilines is 1. The molecular formula is C18H9ClF7N3O. The van der Waals surface area contributed by atoms with Crippen LogP contribution >= 0.6 is 11.6 Å². The van der Waals surface area contributed by atoms with Gasteiger partial charge < -0.3 is 5.32 Å². The van der Waals surface area contributed by atoms with Gasteiger partial charge in [0.2, 0.25) is 0 Å². The molecule has 0 fully saturated rings. The molecule has 1 heterocycles. The number of carbonyl (C=O) groups excluding carboxylic acids is 1. The van der Waals surface area contributed by atoms with E-state index < -0.39 is 52.3 Å². The standard InChI is InChI=1S/C18H9ClF7N3O/c19-12-5-2-6-13(14(12)20)28-16(30)11-8-27-29(15(11)18(24,25)26)10-4-1-3-9(7-10)17(21,22)23/h1-8H,(H,28,30). The maximum Gasteiger partial charge on any atom is 0.434 e. The molecule has 4 nitrogen and oxygen atoms in total. The molecular weight excluding hydrogens is 443 g/mol. The minimum atomic E-state index is -5.16. The minimum absolute atomic E-state index is 0.165. The Morgan fingerprint density at radius 3 is 2.30 bits per heavy atom. The van der Waals surface area contributed by atoms with Crippen molar-refractivity contribution in [2.24, 2.45) is 0 Å². The summed E-state index contributed by atoms with van der Waals surface area (Å²) < 4.78 is 93.8. The molecule has 0 spiro atoms. The first-order chi connectivity index (χ1) is 13.9. The van der Waals surface area contributed by atoms with Gasteiger partial charge in [0.25, 0.3) is 5.91 Å². The van der Waals surface area contributed by atoms with Crippen LogP contribution in [0.2, 0.25) is 5.02 Å². The summed E-state index contributed by atoms with van der Waals surface area (Å²) in [4.78, 5) is 12.4. The van der Waals surface area contributed by atoms with E-state index in [1.54, 1.807) is 0 Å². The number of nitrogens with zero attached hydrogens (tertiary/aromatic N) is 2. The SMILES string of the molecule is O=C(Nc1cccc(Cl)c1F)c1cnn(-c2cccc(C(F)(F)F)c2)c1C(F)(F)F. The Hall–Kier alpha value is -3.08. The number of halogens is 8. The highest BCUT2D eigenvalue weighted by atomic mass is 35.5. The van der Waals surface area contributed by atoms with E-state index >= 15 is 0 Å². The van der Waals surface area contributed by atoms with Crippen LogP contribution < -0.4 is 5.32 Å². The first kappa shape index (κ1) is 21.6. The van der Waals surface area contributed by atoms with E-state index in [4.69, 9.17) is 11.6 Å². The third kappa shape index (κ3) is 4.25. The van der Waals surface area contributed by atoms with Crippen molar-refractivity contribution in [1.29, 1.82) is 0 Å². The molecule has 12 heteroatoms. The van der Waals surface area contributed by atoms with Gasteiger partial charge in [-0.25, -0.2) is 9.07 Å². The fraction of sp³-hybridized carbons (Fsp3) is 0.111. The second-order valence-electron chi connectivity index (χ2n) is 5.92. The quantitative estimate of drug-likeness (QED) is 0.500. The zero-order valence-electron chi connectivity index (χ0n) is 14.4. The van der Waals surface area contributed by atoms with Crippen LogP contribution in [0.1, 0.15) is 21.6 Å². The maximum atomic E-state index is 13.9. The molecule has 2 aromatic carbocycles. The van der Waals surface area contributed by atoms with Crippen molar-refractivity contribution in [3.63, 3.8) is 0 Å². The number of alkyl halides is 6. The lowest BCUT2D eigenvalue weighted by molar-refractivity contribution is -0.143. The Bertz CT molecular complexity index is 1110. The van der Waals surface area contributed by atoms with Crippen molar-refractivity contribution in [3.05, 3.63) is 76.3 Å². The molecule has 0 saturated carbocycles. The average Bonchev–Trinajstić information content (AvgIpc) is 3.11. The van der Waals surface area contributed by atoms with E-state index in [2.05, 4.69) is 5.10 Å². The third-order valence-electron chi connectivity index (χ3n) is 3.90. The summed E-state index contributed by atoms with van der Waals surface area (Å²) >= 11 is 5.57. The van der Waals surface area contributed by atoms with Gasteiger partial charge in [-0.05, 0) is 30.3 Å². The summed E-state index contributed by atoms with van der Waals surface area (Å²) in [6.07, 6.45) is -9.43. The predicted octanol–water partition coefficient (Wildman–Crippen LogP) is 5.95. The number of carbonyl (C=O) groups is 1. The van der Waals surface area contributed by atoms with Crippen LogP contribution in [-0.4, -0.2) is 15.7 Å². The second-order valence-corrected chi connectivity index (χ2v) is 6.33. The number of aromatic nitrogens is 2. The van der Waals surface area contributed by atoms with Crippen molar-refractivity contribution in [3.8, 4) is 5.69 Å². The second kappa shape index (κ2) is 7.63. The van der Waals surface area contributed by atoms with Gasteiger partial charge in [-0.15, -0.1) is 0 Å². The lowest BCUT2D eigenvalue weighted by atomic mass is 10.1. The first-order valence-corrected chi connectivity index (χ1v) is 8.35. The zero-order chi connectivity index (χ0) is 22.3. The number of hydrogen-bond acceptors (Lipinski definition) is 2. The van der Waals surface area contributed by atoms with Gasteiger partial charge in [-0.1, -0.05) is 23.7 Å². The molecule has 0 aliphatic carbocycles. The van der Waals surface area contributed by atoms with Crippen molar-refractivity contribution >= 4 is 23.2 Å². The van der Waals surface area contributed by atoms with Crippen LogP contribution in [0.4, 0.5) is 36.4 Å². The van der Waals surface area contributed by atoms with Gasteiger partial charge in [-0.2, -0.15) is 31.4 Å². The Balaban J connectivity index is 2.07. The minimum Gasteiger partial charge on any atom is -0.319 e. The summed E-state index contributed by atoms with van der Waals surface area (Å²) in [7, 11) is 0. The molecule has 0 bridgehead atoms. The van der Waals surface area contributed by atoms with E-state index in [-0.39, 0.29) is 9.70 Å². The van der Waals surface area contributed by atoms with E-state index in [0.29, 0.717) is 18.3 Å². The lowest BCUT2D eigenvalue weighted by Crippen LogP contribution is -2.21. The van der Waals surface area contributed by atoms with Crippen LogP contribution in [0.3, 0.4) is 0 Å². The number of amides is 1. The van der Waals surface area contributed by atoms with Gasteiger partial charge in [-0.3, -0.25) is 4.79 Å². The topological polar surface area (TPSA) is 46.9 Å². The number of nitrogens with one attached hydrogen (secondary N) is 1. The van der Waals surface area contributed by atoms with Gasteiger partial charge in [0.05, 0.1) is 33.7 Å². The highest BCUT2D eigenvalue weighted by Crippen LogP contribution is 2.36. The third-order valence-corrected chi connectivity index (χ3v) is 4.19. The molecule has 0 unspecified atom stereocenters. The van der Waals surface area contributed by atoms with Crippen LogP contribution in [0.15, 0.2) is 48.7 Å². The lowest BCUT2D eigenvalue weighted by Gasteiger charge is -2.14. The molecule has 30 heavy (non-hydrogen) atoms. The van der Waals surface area contributed by atoms with Crippen molar-refractivity contribution in [2.45, 2.75) is 12.4 Å². The van der Waals surface area contributed by atoms with E-state index in [1.165, 1.54) is 12.1 Å². The van der Waals surface area contributed by atoms with Gasteiger partial charge in [0.15, 0.2) is 11.5 Å². The average molecular weight is 452 g/mol. The van der Waals surface area contributed by atoms with Crippen LogP contribution in [0.25, 0.3) is 5.69 Å². The van der Waals surface area contributed by atoms with E-state index in [1.807, 2.05) is 5.32 Å². The summed E-state index contributed by atoms with van der Waals surface area (Å²) in [5.74, 6) is -2.44. The molecule has 0 atom stereocenters. The zero-order valence-corrected chi connectivity index (χ0v) is 15.2. The van der Waals surface area contributed by atoms with Crippen LogP contribution in [0.5, 0.6) is 0 Å². The normalized spacial score (nSPS) is 12.1. The summed E-state index contributed by atoms with van der Waals surface area (Å²) in [6, 6.07) is 6.51. The molecule has 1 amide bonds. The number of benzene rings is 2. The van der Waals surface area contributed by atoms with Gasteiger partial charge in [0.1, 0.15) is 0 Å². The maximum absolute atomic E-state index is 13.9. The molecule has 1 N–H and O–H groups in total. The first-order valence-electron chi connectivity index (χ1n) is 7.98. The highest BCUT2D eigenvalue weighted by Gasteiger charge is 2.41. The van der Waals surface area contributed by atoms with Gasteiger partial charge >= 0.3 is 12.4 Å². The highest BCUT2D eigenvalue weighted by molar-refractivity contribution is 6.31. The predicted molar refractivity (Wildman–Crippen MR) is 92.9 cm³/mol. The molecule has 3 aromatic rings. The fourth-order valence-corrected chi connectivity index (χ4v) is 2.76. The van der Waals surface area contributed by atoms with E-state index in [0.717, 1.165) is 18.2 Å². The summed E-state index contributed by atoms with van der Waals surface area (Å²) in [5, 5.41) is 5.00. The summed E-state index contributed by atoms with van der Waals surface area (Å²) in [5.41, 5.74) is -4.88. The van der Waals surface area contributed by atoms with Crippen molar-refractivity contribution < 1.29 is 35.5 Å². The van der Waals surface area contributed by atoms with Crippen LogP contribution in [0, 0.1) is 5.82 Å². The Kier molecular flexibility index (Phi) is 5.50. The Morgan fingerprint density at radius 2 is 1.67 bits per heavy atom. The largest absolute Gasteiger partial charge is 0.434 e. The van der Waals surface area contributed by atoms with E-state index in [9.17, 15) is 35.5 Å². The molecule has 1 aromatic heterocycles. The molecule has 3 rings (SSSR count). The molecule has 158 valence electrons. The summed E-state index contributed by atoms with van der Waals surface area (Å²) in [6.45, 7) is 0. The van der Waals surface area contributed by atoms with Crippen molar-refractivity contribution in [1.82, 2.24) is 9.78 Å². The number of rotatable bonds is 3. The molecule has 0 saturated heterocycles. The Labute approximate surface area is 168 Å². The molecule has 0 radical (unpaired) electrons. The molecule has 0 aliphatic rings. The van der Waals surface area contributed by atoms with Crippen LogP contribution in [-0.2, 0) is 12.4 Å². The van der Waals surface area contributed by atoms with Gasteiger partial charge in [0, 0.05) is 0 Å². The fourth-order valence-electron chi connectivity index (χ4n) is 2.59. The Morgan fingerprint density at radius 1 is 1.00 bits per heavy atom. The van der Waals surface area contributed by atoms with Crippen molar-refractivity contribution in [2.75, 3.05) is 5.32 Å². The number of hydrogen-bond donors (Lipinski definition) is 1. The monoisotopic (exact) mass is 451 g/mol. The smallest absolute Gasteiger partial charge is 0.319 e. The molecule has 0 aliphatic heterocycles.